The third-order valence-corrected chi connectivity index (χ3v) is 3.86. The lowest BCUT2D eigenvalue weighted by atomic mass is 9.74. The van der Waals surface area contributed by atoms with Gasteiger partial charge in [-0.3, -0.25) is 9.59 Å². The van der Waals surface area contributed by atoms with Crippen molar-refractivity contribution in [1.29, 1.82) is 0 Å². The molecular formula is C16H22N2O2. The Morgan fingerprint density at radius 3 is 2.65 bits per heavy atom. The van der Waals surface area contributed by atoms with Gasteiger partial charge in [0.1, 0.15) is 5.92 Å². The number of benzene rings is 1. The Hall–Kier alpha value is -1.84. The van der Waals surface area contributed by atoms with Crippen LogP contribution < -0.4 is 10.6 Å². The van der Waals surface area contributed by atoms with Crippen LogP contribution in [-0.2, 0) is 9.59 Å². The number of amides is 2. The first kappa shape index (κ1) is 14.6. The number of anilines is 1. The van der Waals surface area contributed by atoms with Gasteiger partial charge in [-0.05, 0) is 30.0 Å². The molecule has 0 bridgehead atoms. The van der Waals surface area contributed by atoms with Crippen molar-refractivity contribution in [2.45, 2.75) is 27.7 Å². The SMILES string of the molecule is Cc1cccc(NC(=O)[C@@H]2C(=O)NC[C@H]2C(C)(C)C)c1. The van der Waals surface area contributed by atoms with E-state index in [9.17, 15) is 9.59 Å². The predicted molar refractivity (Wildman–Crippen MR) is 79.3 cm³/mol. The molecule has 108 valence electrons. The first-order valence-electron chi connectivity index (χ1n) is 6.94. The van der Waals surface area contributed by atoms with Gasteiger partial charge in [-0.1, -0.05) is 32.9 Å². The van der Waals surface area contributed by atoms with Gasteiger partial charge in [0.05, 0.1) is 0 Å². The molecule has 2 atom stereocenters. The maximum absolute atomic E-state index is 12.4. The van der Waals surface area contributed by atoms with Crippen molar-refractivity contribution in [3.05, 3.63) is 29.8 Å². The zero-order valence-electron chi connectivity index (χ0n) is 12.5. The van der Waals surface area contributed by atoms with Crippen LogP contribution in [0.2, 0.25) is 0 Å². The van der Waals surface area contributed by atoms with Crippen LogP contribution in [0.5, 0.6) is 0 Å². The highest BCUT2D eigenvalue weighted by atomic mass is 16.2. The minimum Gasteiger partial charge on any atom is -0.355 e. The van der Waals surface area contributed by atoms with Gasteiger partial charge in [0, 0.05) is 18.2 Å². The molecule has 1 aromatic rings. The molecule has 1 heterocycles. The molecule has 0 unspecified atom stereocenters. The third kappa shape index (κ3) is 3.00. The van der Waals surface area contributed by atoms with Gasteiger partial charge >= 0.3 is 0 Å². The molecule has 4 heteroatoms. The Morgan fingerprint density at radius 2 is 2.05 bits per heavy atom. The van der Waals surface area contributed by atoms with Crippen LogP contribution in [0, 0.1) is 24.2 Å². The minimum atomic E-state index is -0.615. The average molecular weight is 274 g/mol. The van der Waals surface area contributed by atoms with Crippen molar-refractivity contribution in [3.63, 3.8) is 0 Å². The van der Waals surface area contributed by atoms with Gasteiger partial charge in [-0.25, -0.2) is 0 Å². The molecule has 1 aliphatic rings. The highest BCUT2D eigenvalue weighted by molar-refractivity contribution is 6.07. The van der Waals surface area contributed by atoms with Gasteiger partial charge in [0.15, 0.2) is 0 Å². The molecular weight excluding hydrogens is 252 g/mol. The highest BCUT2D eigenvalue weighted by Gasteiger charge is 2.45. The molecule has 0 aliphatic carbocycles. The number of aryl methyl sites for hydroxylation is 1. The largest absolute Gasteiger partial charge is 0.355 e. The topological polar surface area (TPSA) is 58.2 Å². The van der Waals surface area contributed by atoms with E-state index in [2.05, 4.69) is 31.4 Å². The summed E-state index contributed by atoms with van der Waals surface area (Å²) in [7, 11) is 0. The van der Waals surface area contributed by atoms with Gasteiger partial charge in [0.2, 0.25) is 11.8 Å². The molecule has 2 amide bonds. The van der Waals surface area contributed by atoms with Gasteiger partial charge in [-0.15, -0.1) is 0 Å². The Labute approximate surface area is 119 Å². The number of hydrogen-bond donors (Lipinski definition) is 2. The normalized spacial score (nSPS) is 22.5. The quantitative estimate of drug-likeness (QED) is 0.813. The Morgan fingerprint density at radius 1 is 1.35 bits per heavy atom. The summed E-state index contributed by atoms with van der Waals surface area (Å²) in [6.45, 7) is 8.71. The van der Waals surface area contributed by atoms with Crippen LogP contribution in [0.3, 0.4) is 0 Å². The maximum Gasteiger partial charge on any atom is 0.237 e. The molecule has 0 saturated carbocycles. The number of hydrogen-bond acceptors (Lipinski definition) is 2. The maximum atomic E-state index is 12.4. The van der Waals surface area contributed by atoms with E-state index in [0.717, 1.165) is 11.3 Å². The number of nitrogens with one attached hydrogen (secondary N) is 2. The molecule has 4 nitrogen and oxygen atoms in total. The number of carbonyl (C=O) groups is 2. The third-order valence-electron chi connectivity index (χ3n) is 3.86. The van der Waals surface area contributed by atoms with E-state index in [0.29, 0.717) is 6.54 Å². The molecule has 1 aromatic carbocycles. The summed E-state index contributed by atoms with van der Waals surface area (Å²) in [5, 5.41) is 5.66. The molecule has 1 fully saturated rings. The van der Waals surface area contributed by atoms with Gasteiger partial charge < -0.3 is 10.6 Å². The van der Waals surface area contributed by atoms with Gasteiger partial charge in [-0.2, -0.15) is 0 Å². The Balaban J connectivity index is 2.17. The molecule has 2 rings (SSSR count). The minimum absolute atomic E-state index is 0.0137. The van der Waals surface area contributed by atoms with E-state index < -0.39 is 5.92 Å². The fraction of sp³-hybridized carbons (Fsp3) is 0.500. The second kappa shape index (κ2) is 5.27. The van der Waals surface area contributed by atoms with E-state index >= 15 is 0 Å². The van der Waals surface area contributed by atoms with E-state index in [1.807, 2.05) is 31.2 Å². The van der Waals surface area contributed by atoms with E-state index in [1.54, 1.807) is 0 Å². The van der Waals surface area contributed by atoms with E-state index in [-0.39, 0.29) is 23.1 Å². The van der Waals surface area contributed by atoms with Crippen LogP contribution in [0.15, 0.2) is 24.3 Å². The second-order valence-corrected chi connectivity index (χ2v) is 6.55. The zero-order chi connectivity index (χ0) is 14.9. The van der Waals surface area contributed by atoms with E-state index in [4.69, 9.17) is 0 Å². The molecule has 0 aromatic heterocycles. The lowest BCUT2D eigenvalue weighted by Crippen LogP contribution is -2.37. The van der Waals surface area contributed by atoms with Crippen molar-refractivity contribution in [2.24, 2.45) is 17.3 Å². The lowest BCUT2D eigenvalue weighted by molar-refractivity contribution is -0.132. The van der Waals surface area contributed by atoms with Crippen LogP contribution in [0.4, 0.5) is 5.69 Å². The summed E-state index contributed by atoms with van der Waals surface area (Å²) in [6.07, 6.45) is 0. The molecule has 0 radical (unpaired) electrons. The molecule has 1 aliphatic heterocycles. The van der Waals surface area contributed by atoms with Crippen molar-refractivity contribution < 1.29 is 9.59 Å². The molecule has 0 spiro atoms. The summed E-state index contributed by atoms with van der Waals surface area (Å²) < 4.78 is 0. The zero-order valence-corrected chi connectivity index (χ0v) is 12.5. The number of rotatable bonds is 2. The second-order valence-electron chi connectivity index (χ2n) is 6.55. The van der Waals surface area contributed by atoms with Gasteiger partial charge in [0.25, 0.3) is 0 Å². The number of carbonyl (C=O) groups excluding carboxylic acids is 2. The fourth-order valence-corrected chi connectivity index (χ4v) is 2.67. The average Bonchev–Trinajstić information content (AvgIpc) is 2.71. The summed E-state index contributed by atoms with van der Waals surface area (Å²) in [5.74, 6) is -0.990. The lowest BCUT2D eigenvalue weighted by Gasteiger charge is -2.29. The van der Waals surface area contributed by atoms with E-state index in [1.165, 1.54) is 0 Å². The summed E-state index contributed by atoms with van der Waals surface area (Å²) >= 11 is 0. The predicted octanol–water partition coefficient (Wildman–Crippen LogP) is 2.34. The van der Waals surface area contributed by atoms with Crippen molar-refractivity contribution in [2.75, 3.05) is 11.9 Å². The summed E-state index contributed by atoms with van der Waals surface area (Å²) in [4.78, 5) is 24.4. The summed E-state index contributed by atoms with van der Waals surface area (Å²) in [6, 6.07) is 7.59. The van der Waals surface area contributed by atoms with Crippen molar-refractivity contribution in [1.82, 2.24) is 5.32 Å². The Kier molecular flexibility index (Phi) is 3.84. The summed E-state index contributed by atoms with van der Waals surface area (Å²) in [5.41, 5.74) is 1.72. The smallest absolute Gasteiger partial charge is 0.237 e. The highest BCUT2D eigenvalue weighted by Crippen LogP contribution is 2.35. The van der Waals surface area contributed by atoms with Crippen LogP contribution in [0.1, 0.15) is 26.3 Å². The molecule has 20 heavy (non-hydrogen) atoms. The standard InChI is InChI=1S/C16H22N2O2/c1-10-6-5-7-11(8-10)18-15(20)13-12(16(2,3)4)9-17-14(13)19/h5-8,12-13H,9H2,1-4H3,(H,17,19)(H,18,20)/t12-,13+/m1/s1. The first-order chi connectivity index (χ1) is 9.29. The van der Waals surface area contributed by atoms with Crippen LogP contribution >= 0.6 is 0 Å². The Bertz CT molecular complexity index is 532. The molecule has 2 N–H and O–H groups in total. The monoisotopic (exact) mass is 274 g/mol. The van der Waals surface area contributed by atoms with Crippen molar-refractivity contribution in [3.8, 4) is 0 Å². The fourth-order valence-electron chi connectivity index (χ4n) is 2.67. The van der Waals surface area contributed by atoms with Crippen LogP contribution in [0.25, 0.3) is 0 Å². The van der Waals surface area contributed by atoms with Crippen LogP contribution in [-0.4, -0.2) is 18.4 Å². The van der Waals surface area contributed by atoms with Crippen molar-refractivity contribution >= 4 is 17.5 Å². The first-order valence-corrected chi connectivity index (χ1v) is 6.94. The molecule has 1 saturated heterocycles.